The molecule has 0 aliphatic carbocycles. The monoisotopic (exact) mass is 592 g/mol. The Morgan fingerprint density at radius 1 is 0.929 bits per heavy atom. The molecule has 0 aromatic heterocycles. The first-order valence-electron chi connectivity index (χ1n) is 14.2. The van der Waals surface area contributed by atoms with Crippen LogP contribution in [-0.2, 0) is 35.3 Å². The highest BCUT2D eigenvalue weighted by Crippen LogP contribution is 2.18. The molecule has 13 heteroatoms. The topological polar surface area (TPSA) is 204 Å². The van der Waals surface area contributed by atoms with Gasteiger partial charge in [-0.3, -0.25) is 19.2 Å². The standard InChI is InChI=1S/C29H48N6O7/c1-19(2)24(35-23(36)13-16-41-17-14-30)26(38)34-22(8-6-7-15-32-28(31)40)25(37)33-21-11-9-20(10-12-21)18-42-27(39)29(3,4)5/h9-12,19,22,24H,6-8,13-18,30H2,1-5H3,(H,33,37)(H,34,38)(H,35,36)(H3,31,32,40)/t22-,24-/m0/s1. The highest BCUT2D eigenvalue weighted by Gasteiger charge is 2.29. The van der Waals surface area contributed by atoms with Crippen molar-refractivity contribution in [2.75, 3.05) is 31.6 Å². The summed E-state index contributed by atoms with van der Waals surface area (Å²) in [6.45, 7) is 10.2. The van der Waals surface area contributed by atoms with Gasteiger partial charge >= 0.3 is 12.0 Å². The van der Waals surface area contributed by atoms with Crippen molar-refractivity contribution < 1.29 is 33.4 Å². The minimum atomic E-state index is -0.912. The summed E-state index contributed by atoms with van der Waals surface area (Å²) in [6.07, 6.45) is 1.40. The number of carbonyl (C=O) groups is 5. The highest BCUT2D eigenvalue weighted by molar-refractivity contribution is 5.98. The fourth-order valence-electron chi connectivity index (χ4n) is 3.63. The Kier molecular flexibility index (Phi) is 16.1. The summed E-state index contributed by atoms with van der Waals surface area (Å²) >= 11 is 0. The fraction of sp³-hybridized carbons (Fsp3) is 0.621. The third-order valence-corrected chi connectivity index (χ3v) is 6.06. The molecule has 0 aliphatic rings. The first-order valence-corrected chi connectivity index (χ1v) is 14.2. The molecule has 0 fully saturated rings. The summed E-state index contributed by atoms with van der Waals surface area (Å²) < 4.78 is 10.6. The predicted molar refractivity (Wildman–Crippen MR) is 159 cm³/mol. The first-order chi connectivity index (χ1) is 19.7. The summed E-state index contributed by atoms with van der Waals surface area (Å²) in [6, 6.07) is 4.40. The molecule has 42 heavy (non-hydrogen) atoms. The van der Waals surface area contributed by atoms with E-state index >= 15 is 0 Å². The van der Waals surface area contributed by atoms with Crippen molar-refractivity contribution in [1.82, 2.24) is 16.0 Å². The fourth-order valence-corrected chi connectivity index (χ4v) is 3.63. The molecule has 2 atom stereocenters. The summed E-state index contributed by atoms with van der Waals surface area (Å²) in [5.74, 6) is -1.86. The van der Waals surface area contributed by atoms with Crippen molar-refractivity contribution in [3.63, 3.8) is 0 Å². The van der Waals surface area contributed by atoms with E-state index < -0.39 is 35.3 Å². The second-order valence-electron chi connectivity index (χ2n) is 11.3. The van der Waals surface area contributed by atoms with E-state index in [9.17, 15) is 24.0 Å². The number of anilines is 1. The van der Waals surface area contributed by atoms with E-state index in [1.165, 1.54) is 0 Å². The van der Waals surface area contributed by atoms with Crippen LogP contribution in [0.4, 0.5) is 10.5 Å². The van der Waals surface area contributed by atoms with E-state index in [1.54, 1.807) is 58.9 Å². The molecule has 1 rings (SSSR count). The third-order valence-electron chi connectivity index (χ3n) is 6.06. The number of carbonyl (C=O) groups excluding carboxylic acids is 5. The second kappa shape index (κ2) is 18.7. The molecule has 0 spiro atoms. The van der Waals surface area contributed by atoms with Crippen LogP contribution in [0.15, 0.2) is 24.3 Å². The van der Waals surface area contributed by atoms with Gasteiger partial charge in [0.1, 0.15) is 18.7 Å². The highest BCUT2D eigenvalue weighted by atomic mass is 16.5. The molecule has 0 aliphatic heterocycles. The SMILES string of the molecule is CC(C)[C@H](NC(=O)CCOCCN)C(=O)N[C@@H](CCCCNC(N)=O)C(=O)Nc1ccc(COC(=O)C(C)(C)C)cc1. The molecule has 0 saturated carbocycles. The summed E-state index contributed by atoms with van der Waals surface area (Å²) in [4.78, 5) is 61.8. The van der Waals surface area contributed by atoms with E-state index in [1.807, 2.05) is 0 Å². The largest absolute Gasteiger partial charge is 0.460 e. The Labute approximate surface area is 248 Å². The third kappa shape index (κ3) is 14.8. The Morgan fingerprint density at radius 3 is 2.17 bits per heavy atom. The van der Waals surface area contributed by atoms with Gasteiger partial charge in [-0.15, -0.1) is 0 Å². The molecular weight excluding hydrogens is 544 g/mol. The van der Waals surface area contributed by atoms with Gasteiger partial charge in [0.2, 0.25) is 17.7 Å². The van der Waals surface area contributed by atoms with E-state index in [0.717, 1.165) is 5.56 Å². The number of nitrogens with two attached hydrogens (primary N) is 2. The average Bonchev–Trinajstić information content (AvgIpc) is 2.91. The average molecular weight is 593 g/mol. The van der Waals surface area contributed by atoms with Gasteiger partial charge in [-0.25, -0.2) is 4.79 Å². The number of unbranched alkanes of at least 4 members (excludes halogenated alkanes) is 1. The van der Waals surface area contributed by atoms with Gasteiger partial charge in [-0.1, -0.05) is 26.0 Å². The lowest BCUT2D eigenvalue weighted by Gasteiger charge is -2.25. The summed E-state index contributed by atoms with van der Waals surface area (Å²) in [5.41, 5.74) is 11.1. The van der Waals surface area contributed by atoms with Gasteiger partial charge in [0, 0.05) is 25.2 Å². The Hall–Kier alpha value is -3.71. The molecule has 1 aromatic carbocycles. The van der Waals surface area contributed by atoms with E-state index in [4.69, 9.17) is 20.9 Å². The van der Waals surface area contributed by atoms with Crippen LogP contribution in [0.5, 0.6) is 0 Å². The van der Waals surface area contributed by atoms with Crippen LogP contribution in [0.25, 0.3) is 0 Å². The van der Waals surface area contributed by atoms with Crippen molar-refractivity contribution in [3.05, 3.63) is 29.8 Å². The molecule has 0 saturated heterocycles. The smallest absolute Gasteiger partial charge is 0.312 e. The van der Waals surface area contributed by atoms with Gasteiger partial charge in [-0.05, 0) is 63.6 Å². The van der Waals surface area contributed by atoms with Crippen LogP contribution in [0.3, 0.4) is 0 Å². The zero-order valence-corrected chi connectivity index (χ0v) is 25.4. The molecule has 0 radical (unpaired) electrons. The number of ether oxygens (including phenoxy) is 2. The number of hydrogen-bond acceptors (Lipinski definition) is 8. The van der Waals surface area contributed by atoms with Gasteiger partial charge < -0.3 is 42.2 Å². The maximum Gasteiger partial charge on any atom is 0.312 e. The predicted octanol–water partition coefficient (Wildman–Crippen LogP) is 1.54. The molecule has 0 bridgehead atoms. The van der Waals surface area contributed by atoms with Gasteiger partial charge in [-0.2, -0.15) is 0 Å². The van der Waals surface area contributed by atoms with Gasteiger partial charge in [0.05, 0.1) is 18.6 Å². The lowest BCUT2D eigenvalue weighted by atomic mass is 9.97. The van der Waals surface area contributed by atoms with Crippen LogP contribution in [0.1, 0.15) is 65.9 Å². The van der Waals surface area contributed by atoms with Crippen molar-refractivity contribution >= 4 is 35.4 Å². The molecule has 1 aromatic rings. The molecule has 13 nitrogen and oxygen atoms in total. The lowest BCUT2D eigenvalue weighted by Crippen LogP contribution is -2.54. The number of primary amides is 1. The van der Waals surface area contributed by atoms with Crippen molar-refractivity contribution in [3.8, 4) is 0 Å². The maximum atomic E-state index is 13.2. The Bertz CT molecular complexity index is 1020. The lowest BCUT2D eigenvalue weighted by molar-refractivity contribution is -0.154. The van der Waals surface area contributed by atoms with Crippen LogP contribution in [0.2, 0.25) is 0 Å². The van der Waals surface area contributed by atoms with E-state index in [-0.39, 0.29) is 43.8 Å². The van der Waals surface area contributed by atoms with Crippen molar-refractivity contribution in [2.45, 2.75) is 79.0 Å². The second-order valence-corrected chi connectivity index (χ2v) is 11.3. The summed E-state index contributed by atoms with van der Waals surface area (Å²) in [5, 5.41) is 10.8. The minimum absolute atomic E-state index is 0.0681. The van der Waals surface area contributed by atoms with Crippen LogP contribution in [-0.4, -0.2) is 68.1 Å². The first kappa shape index (κ1) is 36.3. The molecule has 5 amide bonds. The number of rotatable bonds is 18. The quantitative estimate of drug-likeness (QED) is 0.109. The number of urea groups is 1. The van der Waals surface area contributed by atoms with Crippen molar-refractivity contribution in [2.24, 2.45) is 22.8 Å². The van der Waals surface area contributed by atoms with E-state index in [0.29, 0.717) is 38.2 Å². The maximum absolute atomic E-state index is 13.2. The molecule has 8 N–H and O–H groups in total. The van der Waals surface area contributed by atoms with E-state index in [2.05, 4.69) is 21.3 Å². The zero-order valence-electron chi connectivity index (χ0n) is 25.4. The van der Waals surface area contributed by atoms with Gasteiger partial charge in [0.15, 0.2) is 0 Å². The minimum Gasteiger partial charge on any atom is -0.460 e. The van der Waals surface area contributed by atoms with Crippen LogP contribution < -0.4 is 32.7 Å². The van der Waals surface area contributed by atoms with Crippen LogP contribution in [0, 0.1) is 11.3 Å². The van der Waals surface area contributed by atoms with Gasteiger partial charge in [0.25, 0.3) is 0 Å². The van der Waals surface area contributed by atoms with Crippen LogP contribution >= 0.6 is 0 Å². The zero-order chi connectivity index (χ0) is 31.7. The number of esters is 1. The molecule has 0 unspecified atom stereocenters. The Morgan fingerprint density at radius 2 is 1.60 bits per heavy atom. The van der Waals surface area contributed by atoms with Crippen molar-refractivity contribution in [1.29, 1.82) is 0 Å². The number of amides is 5. The molecular formula is C29H48N6O7. The normalized spacial score (nSPS) is 12.6. The number of benzene rings is 1. The molecule has 236 valence electrons. The summed E-state index contributed by atoms with van der Waals surface area (Å²) in [7, 11) is 0. The number of nitrogens with one attached hydrogen (secondary N) is 4. The molecule has 0 heterocycles. The Balaban J connectivity index is 2.88. The number of hydrogen-bond donors (Lipinski definition) is 6.